The average molecular weight is 327 g/mol. The lowest BCUT2D eigenvalue weighted by Crippen LogP contribution is -2.50. The summed E-state index contributed by atoms with van der Waals surface area (Å²) in [7, 11) is 0. The Morgan fingerprint density at radius 1 is 1.17 bits per heavy atom. The van der Waals surface area contributed by atoms with Gasteiger partial charge in [0.25, 0.3) is 0 Å². The van der Waals surface area contributed by atoms with Gasteiger partial charge in [-0.15, -0.1) is 0 Å². The summed E-state index contributed by atoms with van der Waals surface area (Å²) in [6.45, 7) is 6.75. The highest BCUT2D eigenvalue weighted by Crippen LogP contribution is 2.65. The van der Waals surface area contributed by atoms with E-state index in [2.05, 4.69) is 25.1 Å². The third kappa shape index (κ3) is 2.02. The van der Waals surface area contributed by atoms with Gasteiger partial charge in [0, 0.05) is 6.42 Å². The van der Waals surface area contributed by atoms with E-state index in [1.54, 1.807) is 0 Å². The lowest BCUT2D eigenvalue weighted by atomic mass is 9.47. The zero-order valence-corrected chi connectivity index (χ0v) is 15.1. The van der Waals surface area contributed by atoms with Crippen molar-refractivity contribution in [1.29, 1.82) is 0 Å². The number of oxime groups is 1. The van der Waals surface area contributed by atoms with E-state index in [-0.39, 0.29) is 10.8 Å². The molecule has 0 spiro atoms. The van der Waals surface area contributed by atoms with Gasteiger partial charge < -0.3 is 5.21 Å². The summed E-state index contributed by atoms with van der Waals surface area (Å²) < 4.78 is 0. The topological polar surface area (TPSA) is 49.7 Å². The van der Waals surface area contributed by atoms with Crippen LogP contribution < -0.4 is 0 Å². The van der Waals surface area contributed by atoms with Gasteiger partial charge in [0.1, 0.15) is 0 Å². The first-order valence-corrected chi connectivity index (χ1v) is 9.53. The zero-order valence-electron chi connectivity index (χ0n) is 15.1. The molecule has 0 bridgehead atoms. The third-order valence-electron chi connectivity index (χ3n) is 8.08. The van der Waals surface area contributed by atoms with Gasteiger partial charge in [0.05, 0.1) is 5.71 Å². The van der Waals surface area contributed by atoms with E-state index >= 15 is 0 Å². The Morgan fingerprint density at radius 3 is 2.71 bits per heavy atom. The smallest absolute Gasteiger partial charge is 0.155 e. The van der Waals surface area contributed by atoms with Crippen molar-refractivity contribution >= 4 is 11.5 Å². The molecule has 24 heavy (non-hydrogen) atoms. The maximum absolute atomic E-state index is 11.9. The van der Waals surface area contributed by atoms with Crippen LogP contribution in [-0.4, -0.2) is 16.7 Å². The van der Waals surface area contributed by atoms with Crippen LogP contribution in [0.5, 0.6) is 0 Å². The van der Waals surface area contributed by atoms with E-state index < -0.39 is 0 Å². The van der Waals surface area contributed by atoms with Crippen LogP contribution in [0.15, 0.2) is 28.5 Å². The highest BCUT2D eigenvalue weighted by atomic mass is 16.4. The van der Waals surface area contributed by atoms with Gasteiger partial charge in [-0.3, -0.25) is 4.79 Å². The summed E-state index contributed by atoms with van der Waals surface area (Å²) in [4.78, 5) is 11.9. The lowest BCUT2D eigenvalue weighted by Gasteiger charge is -2.57. The van der Waals surface area contributed by atoms with Crippen LogP contribution in [-0.2, 0) is 4.79 Å². The van der Waals surface area contributed by atoms with Gasteiger partial charge in [-0.1, -0.05) is 30.7 Å². The van der Waals surface area contributed by atoms with E-state index in [0.717, 1.165) is 37.3 Å². The van der Waals surface area contributed by atoms with Crippen molar-refractivity contribution < 1.29 is 10.0 Å². The van der Waals surface area contributed by atoms with Crippen molar-refractivity contribution in [1.82, 2.24) is 0 Å². The Hall–Kier alpha value is -1.38. The van der Waals surface area contributed by atoms with Gasteiger partial charge in [-0.2, -0.15) is 0 Å². The molecule has 4 aliphatic carbocycles. The minimum Gasteiger partial charge on any atom is -0.411 e. The summed E-state index contributed by atoms with van der Waals surface area (Å²) in [5.74, 6) is 2.45. The third-order valence-corrected chi connectivity index (χ3v) is 8.08. The molecule has 4 rings (SSSR count). The van der Waals surface area contributed by atoms with Gasteiger partial charge >= 0.3 is 0 Å². The molecule has 2 fully saturated rings. The molecule has 0 radical (unpaired) electrons. The van der Waals surface area contributed by atoms with Crippen LogP contribution in [0.3, 0.4) is 0 Å². The van der Waals surface area contributed by atoms with Crippen LogP contribution in [0, 0.1) is 28.6 Å². The fourth-order valence-electron chi connectivity index (χ4n) is 6.74. The first-order chi connectivity index (χ1) is 11.4. The molecule has 3 nitrogen and oxygen atoms in total. The molecule has 0 aromatic rings. The largest absolute Gasteiger partial charge is 0.411 e. The second-order valence-corrected chi connectivity index (χ2v) is 8.96. The Kier molecular flexibility index (Phi) is 3.56. The second-order valence-electron chi connectivity index (χ2n) is 8.96. The Morgan fingerprint density at radius 2 is 1.96 bits per heavy atom. The van der Waals surface area contributed by atoms with E-state index in [1.165, 1.54) is 30.4 Å². The van der Waals surface area contributed by atoms with Crippen molar-refractivity contribution in [2.75, 3.05) is 0 Å². The Bertz CT molecular complexity index is 673. The van der Waals surface area contributed by atoms with Crippen molar-refractivity contribution in [3.63, 3.8) is 0 Å². The predicted octanol–water partition coefficient (Wildman–Crippen LogP) is 4.90. The lowest BCUT2D eigenvalue weighted by molar-refractivity contribution is -0.117. The summed E-state index contributed by atoms with van der Waals surface area (Å²) >= 11 is 0. The number of nitrogens with zero attached hydrogens (tertiary/aromatic N) is 1. The highest BCUT2D eigenvalue weighted by molar-refractivity contribution is 5.99. The average Bonchev–Trinajstić information content (AvgIpc) is 2.92. The monoisotopic (exact) mass is 327 g/mol. The van der Waals surface area contributed by atoms with Crippen LogP contribution in [0.4, 0.5) is 0 Å². The molecule has 0 saturated heterocycles. The van der Waals surface area contributed by atoms with Crippen LogP contribution in [0.25, 0.3) is 0 Å². The van der Waals surface area contributed by atoms with E-state index in [1.807, 2.05) is 13.0 Å². The number of ketones is 1. The number of hydrogen-bond acceptors (Lipinski definition) is 3. The molecule has 130 valence electrons. The first-order valence-electron chi connectivity index (χ1n) is 9.53. The molecule has 0 aromatic heterocycles. The molecule has 4 aliphatic rings. The van der Waals surface area contributed by atoms with Crippen molar-refractivity contribution in [3.8, 4) is 0 Å². The highest BCUT2D eigenvalue weighted by Gasteiger charge is 2.57. The number of fused-ring (bicyclic) bond motifs is 5. The first kappa shape index (κ1) is 16.1. The summed E-state index contributed by atoms with van der Waals surface area (Å²) in [6, 6.07) is 0. The van der Waals surface area contributed by atoms with E-state index in [9.17, 15) is 10.0 Å². The zero-order chi connectivity index (χ0) is 17.1. The molecule has 1 N–H and O–H groups in total. The van der Waals surface area contributed by atoms with Crippen molar-refractivity contribution in [2.24, 2.45) is 33.7 Å². The molecule has 5 atom stereocenters. The SMILES string of the molecule is CC(=NO)C1=CC[C@H]2[C@@H]3CCC4=CC(=O)CC[C@]4(C)[C@H]3CC[C@]12C. The number of carbonyl (C=O) groups is 1. The Labute approximate surface area is 144 Å². The van der Waals surface area contributed by atoms with Crippen molar-refractivity contribution in [3.05, 3.63) is 23.3 Å². The minimum atomic E-state index is 0.166. The fraction of sp³-hybridized carbons (Fsp3) is 0.714. The molecule has 0 amide bonds. The molecule has 3 heteroatoms. The van der Waals surface area contributed by atoms with Gasteiger partial charge in [-0.05, 0) is 85.7 Å². The number of hydrogen-bond donors (Lipinski definition) is 1. The van der Waals surface area contributed by atoms with Crippen LogP contribution >= 0.6 is 0 Å². The molecule has 0 aliphatic heterocycles. The second kappa shape index (κ2) is 5.31. The molecule has 0 aromatic carbocycles. The molecule has 2 saturated carbocycles. The van der Waals surface area contributed by atoms with Crippen molar-refractivity contribution in [2.45, 2.75) is 65.7 Å². The summed E-state index contributed by atoms with van der Waals surface area (Å²) in [5.41, 5.74) is 3.91. The maximum Gasteiger partial charge on any atom is 0.155 e. The van der Waals surface area contributed by atoms with Crippen LogP contribution in [0.2, 0.25) is 0 Å². The van der Waals surface area contributed by atoms with Crippen LogP contribution in [0.1, 0.15) is 65.7 Å². The molecular weight excluding hydrogens is 298 g/mol. The molecule has 0 heterocycles. The summed E-state index contributed by atoms with van der Waals surface area (Å²) in [6.07, 6.45) is 11.9. The molecular formula is C21H29NO2. The number of allylic oxidation sites excluding steroid dienone is 4. The summed E-state index contributed by atoms with van der Waals surface area (Å²) in [5, 5.41) is 12.8. The minimum absolute atomic E-state index is 0.166. The van der Waals surface area contributed by atoms with Gasteiger partial charge in [0.2, 0.25) is 0 Å². The number of rotatable bonds is 1. The fourth-order valence-corrected chi connectivity index (χ4v) is 6.74. The predicted molar refractivity (Wildman–Crippen MR) is 95.1 cm³/mol. The van der Waals surface area contributed by atoms with Gasteiger partial charge in [-0.25, -0.2) is 0 Å². The quantitative estimate of drug-likeness (QED) is 0.423. The Balaban J connectivity index is 1.67. The van der Waals surface area contributed by atoms with Gasteiger partial charge in [0.15, 0.2) is 5.78 Å². The van der Waals surface area contributed by atoms with E-state index in [0.29, 0.717) is 17.6 Å². The standard InChI is InChI=1S/C21H29NO2/c1-13(22-24)17-6-7-18-16-5-4-14-12-15(23)8-10-20(14,2)19(16)9-11-21(17,18)3/h6,12,16,18-19,24H,4-5,7-11H2,1-3H3/t16-,18-,19-,20-,21+/m0/s1. The molecule has 0 unspecified atom stereocenters. The normalized spacial score (nSPS) is 45.0. The maximum atomic E-state index is 11.9. The van der Waals surface area contributed by atoms with E-state index in [4.69, 9.17) is 0 Å². The number of carbonyl (C=O) groups excluding carboxylic acids is 1.